The molecule has 10 nitrogen and oxygen atoms in total. The number of rotatable bonds is 7. The molecule has 1 heterocycles. The molecule has 1 amide bonds. The lowest BCUT2D eigenvalue weighted by Crippen LogP contribution is -2.17. The number of nitro benzene ring substituents is 2. The number of nitro groups is 2. The van der Waals surface area contributed by atoms with Crippen molar-refractivity contribution < 1.29 is 14.6 Å². The maximum atomic E-state index is 12.2. The van der Waals surface area contributed by atoms with E-state index in [2.05, 4.69) is 31.4 Å². The molecule has 1 N–H and O–H groups in total. The number of carbonyl (C=O) groups excluding carboxylic acids is 1. The van der Waals surface area contributed by atoms with E-state index in [0.717, 1.165) is 16.2 Å². The van der Waals surface area contributed by atoms with Gasteiger partial charge in [-0.15, -0.1) is 11.3 Å². The first-order valence-corrected chi connectivity index (χ1v) is 11.8. The summed E-state index contributed by atoms with van der Waals surface area (Å²) >= 11 is 5.60. The minimum absolute atomic E-state index is 0.0469. The van der Waals surface area contributed by atoms with Crippen molar-refractivity contribution >= 4 is 72.7 Å². The minimum Gasteiger partial charge on any atom is -0.267 e. The van der Waals surface area contributed by atoms with Gasteiger partial charge in [0.05, 0.1) is 31.2 Å². The number of hydrogen-bond donors (Lipinski definition) is 1. The number of benzene rings is 3. The normalized spacial score (nSPS) is 11.1. The number of non-ortho nitro benzene ring substituents is 1. The summed E-state index contributed by atoms with van der Waals surface area (Å²) in [5, 5.41) is 26.5. The molecule has 0 bridgehead atoms. The van der Waals surface area contributed by atoms with Crippen molar-refractivity contribution in [3.05, 3.63) is 96.5 Å². The minimum atomic E-state index is -0.516. The van der Waals surface area contributed by atoms with Gasteiger partial charge in [-0.3, -0.25) is 25.0 Å². The first-order chi connectivity index (χ1) is 16.3. The van der Waals surface area contributed by atoms with Gasteiger partial charge < -0.3 is 0 Å². The summed E-state index contributed by atoms with van der Waals surface area (Å²) < 4.78 is 1.88. The molecule has 0 atom stereocenters. The van der Waals surface area contributed by atoms with E-state index in [9.17, 15) is 25.0 Å². The molecule has 0 aliphatic rings. The zero-order valence-electron chi connectivity index (χ0n) is 16.9. The largest absolute Gasteiger partial charge is 0.283 e. The van der Waals surface area contributed by atoms with Crippen LogP contribution in [-0.4, -0.2) is 27.0 Å². The highest BCUT2D eigenvalue weighted by atomic mass is 79.9. The van der Waals surface area contributed by atoms with Crippen molar-refractivity contribution in [1.82, 2.24) is 10.4 Å². The number of hydrazone groups is 1. The standard InChI is InChI=1S/C21H12BrN5O5S2/c22-14-3-1-2-13(9-14)20(28)25-23-11-12-4-7-18(17(8-12)27(31)32)33-21-24-16-6-5-15(26(29)30)10-19(16)34-21/h1-11H,(H,25,28). The Morgan fingerprint density at radius 2 is 1.91 bits per heavy atom. The van der Waals surface area contributed by atoms with Crippen LogP contribution < -0.4 is 5.43 Å². The molecule has 0 unspecified atom stereocenters. The summed E-state index contributed by atoms with van der Waals surface area (Å²) in [5.41, 5.74) is 3.59. The van der Waals surface area contributed by atoms with E-state index in [4.69, 9.17) is 0 Å². The van der Waals surface area contributed by atoms with Crippen LogP contribution in [0.1, 0.15) is 15.9 Å². The number of halogens is 1. The second kappa shape index (κ2) is 10.1. The zero-order valence-corrected chi connectivity index (χ0v) is 20.1. The smallest absolute Gasteiger partial charge is 0.267 e. The average Bonchev–Trinajstić information content (AvgIpc) is 3.21. The third-order valence-electron chi connectivity index (χ3n) is 4.41. The predicted molar refractivity (Wildman–Crippen MR) is 133 cm³/mol. The fourth-order valence-electron chi connectivity index (χ4n) is 2.85. The average molecular weight is 558 g/mol. The van der Waals surface area contributed by atoms with E-state index in [0.29, 0.717) is 30.6 Å². The topological polar surface area (TPSA) is 141 Å². The van der Waals surface area contributed by atoms with Crippen LogP contribution in [-0.2, 0) is 0 Å². The molecule has 0 aliphatic heterocycles. The van der Waals surface area contributed by atoms with Crippen LogP contribution in [0.4, 0.5) is 11.4 Å². The molecule has 4 rings (SSSR count). The van der Waals surface area contributed by atoms with Crippen molar-refractivity contribution in [3.63, 3.8) is 0 Å². The second-order valence-electron chi connectivity index (χ2n) is 6.68. The number of carbonyl (C=O) groups is 1. The first-order valence-electron chi connectivity index (χ1n) is 9.40. The number of hydrogen-bond acceptors (Lipinski definition) is 9. The lowest BCUT2D eigenvalue weighted by Gasteiger charge is -2.02. The molecule has 0 fully saturated rings. The van der Waals surface area contributed by atoms with E-state index in [1.807, 2.05) is 0 Å². The zero-order chi connectivity index (χ0) is 24.2. The number of thiazole rings is 1. The summed E-state index contributed by atoms with van der Waals surface area (Å²) in [6.07, 6.45) is 1.31. The van der Waals surface area contributed by atoms with Gasteiger partial charge >= 0.3 is 0 Å². The van der Waals surface area contributed by atoms with Gasteiger partial charge in [-0.1, -0.05) is 39.8 Å². The van der Waals surface area contributed by atoms with Crippen LogP contribution in [0.3, 0.4) is 0 Å². The van der Waals surface area contributed by atoms with Crippen LogP contribution >= 0.6 is 39.0 Å². The SMILES string of the molecule is O=C(NN=Cc1ccc(Sc2nc3ccc([N+](=O)[O-])cc3s2)c([N+](=O)[O-])c1)c1cccc(Br)c1. The van der Waals surface area contributed by atoms with Crippen LogP contribution in [0.2, 0.25) is 0 Å². The second-order valence-corrected chi connectivity index (χ2v) is 9.92. The summed E-state index contributed by atoms with van der Waals surface area (Å²) in [6.45, 7) is 0. The summed E-state index contributed by atoms with van der Waals surface area (Å²) in [7, 11) is 0. The molecule has 0 saturated carbocycles. The van der Waals surface area contributed by atoms with Crippen LogP contribution in [0.25, 0.3) is 10.2 Å². The number of aromatic nitrogens is 1. The molecule has 13 heteroatoms. The summed E-state index contributed by atoms with van der Waals surface area (Å²) in [4.78, 5) is 38.5. The molecule has 3 aromatic carbocycles. The third-order valence-corrected chi connectivity index (χ3v) is 7.04. The predicted octanol–water partition coefficient (Wildman–Crippen LogP) is 5.79. The first kappa shape index (κ1) is 23.5. The van der Waals surface area contributed by atoms with Gasteiger partial charge in [0.2, 0.25) is 0 Å². The molecular formula is C21H12BrN5O5S2. The van der Waals surface area contributed by atoms with E-state index in [1.54, 1.807) is 42.5 Å². The highest BCUT2D eigenvalue weighted by Gasteiger charge is 2.18. The van der Waals surface area contributed by atoms with Crippen LogP contribution in [0.15, 0.2) is 79.5 Å². The highest BCUT2D eigenvalue weighted by molar-refractivity contribution is 9.10. The Bertz CT molecular complexity index is 1470. The number of nitrogens with zero attached hydrogens (tertiary/aromatic N) is 4. The fourth-order valence-corrected chi connectivity index (χ4v) is 5.39. The maximum Gasteiger partial charge on any atom is 0.283 e. The van der Waals surface area contributed by atoms with Crippen molar-refractivity contribution in [2.45, 2.75) is 9.24 Å². The Balaban J connectivity index is 1.52. The van der Waals surface area contributed by atoms with Gasteiger partial charge in [-0.2, -0.15) is 5.10 Å². The number of nitrogens with one attached hydrogen (secondary N) is 1. The van der Waals surface area contributed by atoms with Crippen molar-refractivity contribution in [2.24, 2.45) is 5.10 Å². The molecule has 34 heavy (non-hydrogen) atoms. The third kappa shape index (κ3) is 5.44. The Morgan fingerprint density at radius 1 is 1.09 bits per heavy atom. The van der Waals surface area contributed by atoms with E-state index in [1.165, 1.54) is 35.8 Å². The molecule has 1 aromatic heterocycles. The van der Waals surface area contributed by atoms with Gasteiger partial charge in [-0.25, -0.2) is 10.4 Å². The Labute approximate surface area is 208 Å². The Morgan fingerprint density at radius 3 is 2.65 bits per heavy atom. The van der Waals surface area contributed by atoms with Gasteiger partial charge in [0.15, 0.2) is 4.34 Å². The highest BCUT2D eigenvalue weighted by Crippen LogP contribution is 2.39. The fraction of sp³-hybridized carbons (Fsp3) is 0. The molecule has 0 radical (unpaired) electrons. The Hall–Kier alpha value is -3.68. The van der Waals surface area contributed by atoms with E-state index in [-0.39, 0.29) is 11.4 Å². The lowest BCUT2D eigenvalue weighted by atomic mass is 10.2. The molecule has 4 aromatic rings. The van der Waals surface area contributed by atoms with E-state index >= 15 is 0 Å². The van der Waals surface area contributed by atoms with Crippen LogP contribution in [0.5, 0.6) is 0 Å². The van der Waals surface area contributed by atoms with Gasteiger partial charge in [0.1, 0.15) is 0 Å². The summed E-state index contributed by atoms with van der Waals surface area (Å²) in [6, 6.07) is 15.6. The Kier molecular flexibility index (Phi) is 6.95. The van der Waals surface area contributed by atoms with Crippen molar-refractivity contribution in [1.29, 1.82) is 0 Å². The summed E-state index contributed by atoms with van der Waals surface area (Å²) in [5.74, 6) is -0.421. The van der Waals surface area contributed by atoms with Crippen LogP contribution in [0, 0.1) is 20.2 Å². The number of fused-ring (bicyclic) bond motifs is 1. The molecule has 0 saturated heterocycles. The molecule has 170 valence electrons. The van der Waals surface area contributed by atoms with Gasteiger partial charge in [0, 0.05) is 33.8 Å². The lowest BCUT2D eigenvalue weighted by molar-refractivity contribution is -0.387. The molecule has 0 aliphatic carbocycles. The molecular weight excluding hydrogens is 546 g/mol. The quantitative estimate of drug-likeness (QED) is 0.172. The van der Waals surface area contributed by atoms with Crippen molar-refractivity contribution in [2.75, 3.05) is 0 Å². The van der Waals surface area contributed by atoms with Gasteiger partial charge in [-0.05, 0) is 30.3 Å². The number of amides is 1. The van der Waals surface area contributed by atoms with Gasteiger partial charge in [0.25, 0.3) is 17.3 Å². The monoisotopic (exact) mass is 557 g/mol. The van der Waals surface area contributed by atoms with E-state index < -0.39 is 15.8 Å². The van der Waals surface area contributed by atoms with Crippen molar-refractivity contribution in [3.8, 4) is 0 Å². The molecule has 0 spiro atoms. The maximum absolute atomic E-state index is 12.2.